The zero-order valence-electron chi connectivity index (χ0n) is 19.9. The molecule has 0 aromatic heterocycles. The normalized spacial score (nSPS) is 13.2. The highest BCUT2D eigenvalue weighted by Crippen LogP contribution is 2.36. The molecule has 1 atom stereocenters. The molecular formula is C25H53NO2. The predicted molar refractivity (Wildman–Crippen MR) is 124 cm³/mol. The first-order valence-electron chi connectivity index (χ1n) is 12.5. The Hall–Kier alpha value is -0.120. The van der Waals surface area contributed by atoms with E-state index in [-0.39, 0.29) is 0 Å². The highest BCUT2D eigenvalue weighted by Gasteiger charge is 2.37. The van der Waals surface area contributed by atoms with Crippen LogP contribution in [-0.2, 0) is 9.47 Å². The Morgan fingerprint density at radius 1 is 0.607 bits per heavy atom. The molecule has 1 unspecified atom stereocenters. The second-order valence-corrected chi connectivity index (χ2v) is 8.63. The van der Waals surface area contributed by atoms with Gasteiger partial charge in [0.25, 0.3) is 0 Å². The van der Waals surface area contributed by atoms with Crippen LogP contribution < -0.4 is 5.73 Å². The molecule has 0 aliphatic carbocycles. The Labute approximate surface area is 177 Å². The fraction of sp³-hybridized carbons (Fsp3) is 1.00. The van der Waals surface area contributed by atoms with Gasteiger partial charge in [0.15, 0.2) is 5.79 Å². The molecule has 2 N–H and O–H groups in total. The average molecular weight is 400 g/mol. The summed E-state index contributed by atoms with van der Waals surface area (Å²) < 4.78 is 12.1. The van der Waals surface area contributed by atoms with Gasteiger partial charge in [0.05, 0.1) is 0 Å². The molecule has 3 heteroatoms. The molecule has 0 heterocycles. The zero-order valence-corrected chi connectivity index (χ0v) is 19.9. The van der Waals surface area contributed by atoms with Gasteiger partial charge in [0.2, 0.25) is 0 Å². The lowest BCUT2D eigenvalue weighted by Gasteiger charge is -2.39. The lowest BCUT2D eigenvalue weighted by Crippen LogP contribution is -2.42. The van der Waals surface area contributed by atoms with E-state index in [4.69, 9.17) is 15.2 Å². The van der Waals surface area contributed by atoms with Gasteiger partial charge in [0, 0.05) is 26.6 Å². The molecular weight excluding hydrogens is 346 g/mol. The van der Waals surface area contributed by atoms with Crippen LogP contribution in [0.2, 0.25) is 0 Å². The quantitative estimate of drug-likeness (QED) is 0.150. The van der Waals surface area contributed by atoms with Crippen molar-refractivity contribution in [2.24, 2.45) is 11.7 Å². The average Bonchev–Trinajstić information content (AvgIpc) is 2.72. The van der Waals surface area contributed by atoms with Crippen molar-refractivity contribution >= 4 is 0 Å². The fourth-order valence-corrected chi connectivity index (χ4v) is 4.45. The van der Waals surface area contributed by atoms with Crippen LogP contribution in [0.1, 0.15) is 129 Å². The van der Waals surface area contributed by atoms with Crippen LogP contribution in [0.25, 0.3) is 0 Å². The maximum atomic E-state index is 6.04. The van der Waals surface area contributed by atoms with E-state index in [2.05, 4.69) is 13.8 Å². The van der Waals surface area contributed by atoms with Gasteiger partial charge < -0.3 is 15.2 Å². The van der Waals surface area contributed by atoms with E-state index in [0.717, 1.165) is 25.8 Å². The molecule has 0 aromatic carbocycles. The summed E-state index contributed by atoms with van der Waals surface area (Å²) in [6, 6.07) is 0. The molecule has 0 fully saturated rings. The summed E-state index contributed by atoms with van der Waals surface area (Å²) in [5.74, 6) is 0.0441. The van der Waals surface area contributed by atoms with Crippen molar-refractivity contribution in [2.75, 3.05) is 20.8 Å². The summed E-state index contributed by atoms with van der Waals surface area (Å²) in [5.41, 5.74) is 5.82. The van der Waals surface area contributed by atoms with Crippen LogP contribution in [0.5, 0.6) is 0 Å². The number of unbranched alkanes of at least 4 members (excludes halogenated alkanes) is 12. The Bertz CT molecular complexity index is 305. The number of nitrogens with two attached hydrogens (primary N) is 1. The van der Waals surface area contributed by atoms with Crippen LogP contribution in [0.3, 0.4) is 0 Å². The standard InChI is InChI=1S/C25H53NO2/c1-5-7-9-11-13-14-16-18-22-25(27-3,28-4)24(21-19-23-26)20-17-15-12-10-8-6-2/h24H,5-23,26H2,1-4H3. The minimum atomic E-state index is -0.416. The molecule has 28 heavy (non-hydrogen) atoms. The minimum absolute atomic E-state index is 0.416. The summed E-state index contributed by atoms with van der Waals surface area (Å²) in [4.78, 5) is 0. The van der Waals surface area contributed by atoms with E-state index in [1.165, 1.54) is 96.3 Å². The molecule has 0 saturated carbocycles. The first-order chi connectivity index (χ1) is 13.7. The molecule has 0 radical (unpaired) electrons. The second-order valence-electron chi connectivity index (χ2n) is 8.63. The molecule has 0 spiro atoms. The number of hydrogen-bond acceptors (Lipinski definition) is 3. The van der Waals surface area contributed by atoms with E-state index in [0.29, 0.717) is 5.92 Å². The molecule has 3 nitrogen and oxygen atoms in total. The monoisotopic (exact) mass is 399 g/mol. The Morgan fingerprint density at radius 3 is 1.50 bits per heavy atom. The zero-order chi connectivity index (χ0) is 20.9. The van der Waals surface area contributed by atoms with Gasteiger partial charge in [-0.15, -0.1) is 0 Å². The van der Waals surface area contributed by atoms with Crippen LogP contribution in [0.4, 0.5) is 0 Å². The van der Waals surface area contributed by atoms with Crippen LogP contribution in [0, 0.1) is 5.92 Å². The third-order valence-electron chi connectivity index (χ3n) is 6.35. The summed E-state index contributed by atoms with van der Waals surface area (Å²) in [5, 5.41) is 0. The van der Waals surface area contributed by atoms with Gasteiger partial charge in [-0.25, -0.2) is 0 Å². The lowest BCUT2D eigenvalue weighted by atomic mass is 9.84. The first-order valence-corrected chi connectivity index (χ1v) is 12.5. The molecule has 0 bridgehead atoms. The van der Waals surface area contributed by atoms with Crippen molar-refractivity contribution in [2.45, 2.75) is 135 Å². The van der Waals surface area contributed by atoms with E-state index >= 15 is 0 Å². The maximum Gasteiger partial charge on any atom is 0.170 e. The maximum absolute atomic E-state index is 6.04. The van der Waals surface area contributed by atoms with Crippen LogP contribution in [0.15, 0.2) is 0 Å². The third-order valence-corrected chi connectivity index (χ3v) is 6.35. The number of ether oxygens (including phenoxy) is 2. The van der Waals surface area contributed by atoms with Gasteiger partial charge in [-0.1, -0.05) is 97.3 Å². The predicted octanol–water partition coefficient (Wildman–Crippen LogP) is 7.61. The summed E-state index contributed by atoms with van der Waals surface area (Å²) in [7, 11) is 3.68. The number of rotatable bonds is 22. The molecule has 170 valence electrons. The second kappa shape index (κ2) is 20.2. The van der Waals surface area contributed by atoms with Crippen LogP contribution >= 0.6 is 0 Å². The summed E-state index contributed by atoms with van der Waals surface area (Å²) in [6.45, 7) is 5.31. The minimum Gasteiger partial charge on any atom is -0.353 e. The van der Waals surface area contributed by atoms with Gasteiger partial charge in [-0.05, 0) is 32.2 Å². The number of methoxy groups -OCH3 is 2. The molecule has 0 amide bonds. The Morgan fingerprint density at radius 2 is 1.04 bits per heavy atom. The van der Waals surface area contributed by atoms with Crippen molar-refractivity contribution in [1.29, 1.82) is 0 Å². The van der Waals surface area contributed by atoms with Crippen molar-refractivity contribution in [3.05, 3.63) is 0 Å². The van der Waals surface area contributed by atoms with E-state index in [9.17, 15) is 0 Å². The Kier molecular flexibility index (Phi) is 20.1. The van der Waals surface area contributed by atoms with Gasteiger partial charge in [-0.2, -0.15) is 0 Å². The van der Waals surface area contributed by atoms with Crippen molar-refractivity contribution in [1.82, 2.24) is 0 Å². The highest BCUT2D eigenvalue weighted by molar-refractivity contribution is 4.80. The molecule has 0 aromatic rings. The molecule has 0 rings (SSSR count). The first kappa shape index (κ1) is 27.9. The van der Waals surface area contributed by atoms with Gasteiger partial charge in [0.1, 0.15) is 0 Å². The van der Waals surface area contributed by atoms with Crippen LogP contribution in [-0.4, -0.2) is 26.6 Å². The largest absolute Gasteiger partial charge is 0.353 e. The SMILES string of the molecule is CCCCCCCCCCC(OC)(OC)C(CCCN)CCCCCCCC. The van der Waals surface area contributed by atoms with E-state index < -0.39 is 5.79 Å². The summed E-state index contributed by atoms with van der Waals surface area (Å²) in [6.07, 6.45) is 23.2. The lowest BCUT2D eigenvalue weighted by molar-refractivity contribution is -0.247. The van der Waals surface area contributed by atoms with E-state index in [1.54, 1.807) is 0 Å². The smallest absolute Gasteiger partial charge is 0.170 e. The van der Waals surface area contributed by atoms with Crippen molar-refractivity contribution in [3.8, 4) is 0 Å². The summed E-state index contributed by atoms with van der Waals surface area (Å²) >= 11 is 0. The van der Waals surface area contributed by atoms with E-state index in [1.807, 2.05) is 14.2 Å². The fourth-order valence-electron chi connectivity index (χ4n) is 4.45. The van der Waals surface area contributed by atoms with Crippen molar-refractivity contribution < 1.29 is 9.47 Å². The molecule has 0 saturated heterocycles. The topological polar surface area (TPSA) is 44.5 Å². The van der Waals surface area contributed by atoms with Gasteiger partial charge >= 0.3 is 0 Å². The molecule has 0 aliphatic heterocycles. The third kappa shape index (κ3) is 13.2. The van der Waals surface area contributed by atoms with Gasteiger partial charge in [-0.3, -0.25) is 0 Å². The van der Waals surface area contributed by atoms with Crippen molar-refractivity contribution in [3.63, 3.8) is 0 Å². The Balaban J connectivity index is 4.40. The highest BCUT2D eigenvalue weighted by atomic mass is 16.7. The molecule has 0 aliphatic rings. The number of hydrogen-bond donors (Lipinski definition) is 1.